The van der Waals surface area contributed by atoms with Crippen molar-refractivity contribution in [2.24, 2.45) is 5.92 Å². The van der Waals surface area contributed by atoms with Gasteiger partial charge in [-0.1, -0.05) is 55.5 Å². The Morgan fingerprint density at radius 3 is 2.52 bits per heavy atom. The van der Waals surface area contributed by atoms with Crippen LogP contribution in [0.4, 0.5) is 5.69 Å². The molecule has 4 heteroatoms. The fraction of sp³-hybridized carbons (Fsp3) is 0.435. The summed E-state index contributed by atoms with van der Waals surface area (Å²) in [7, 11) is 0. The molecule has 1 amide bonds. The van der Waals surface area contributed by atoms with Crippen molar-refractivity contribution in [2.45, 2.75) is 26.3 Å². The number of benzene rings is 2. The lowest BCUT2D eigenvalue weighted by Crippen LogP contribution is -2.39. The van der Waals surface area contributed by atoms with E-state index in [1.165, 1.54) is 11.3 Å². The quantitative estimate of drug-likeness (QED) is 0.738. The molecule has 1 unspecified atom stereocenters. The number of rotatable bonds is 9. The zero-order valence-electron chi connectivity index (χ0n) is 16.3. The van der Waals surface area contributed by atoms with Crippen LogP contribution in [0.3, 0.4) is 0 Å². The number of nitrogens with one attached hydrogen (secondary N) is 1. The van der Waals surface area contributed by atoms with Gasteiger partial charge in [0.2, 0.25) is 5.91 Å². The van der Waals surface area contributed by atoms with Crippen molar-refractivity contribution in [1.29, 1.82) is 0 Å². The second-order valence-electron chi connectivity index (χ2n) is 7.44. The highest BCUT2D eigenvalue weighted by atomic mass is 16.2. The molecule has 27 heavy (non-hydrogen) atoms. The summed E-state index contributed by atoms with van der Waals surface area (Å²) in [6.45, 7) is 7.26. The fourth-order valence-corrected chi connectivity index (χ4v) is 3.76. The Morgan fingerprint density at radius 1 is 1.11 bits per heavy atom. The first-order valence-corrected chi connectivity index (χ1v) is 10.1. The number of hydrogen-bond donors (Lipinski definition) is 1. The van der Waals surface area contributed by atoms with Gasteiger partial charge in [0, 0.05) is 31.9 Å². The molecule has 0 bridgehead atoms. The van der Waals surface area contributed by atoms with E-state index in [9.17, 15) is 4.79 Å². The first-order chi connectivity index (χ1) is 13.2. The van der Waals surface area contributed by atoms with Crippen LogP contribution in [0.2, 0.25) is 0 Å². The molecular weight excluding hydrogens is 334 g/mol. The van der Waals surface area contributed by atoms with E-state index in [4.69, 9.17) is 0 Å². The van der Waals surface area contributed by atoms with E-state index < -0.39 is 0 Å². The van der Waals surface area contributed by atoms with Crippen LogP contribution in [-0.2, 0) is 11.3 Å². The third kappa shape index (κ3) is 6.10. The Bertz CT molecular complexity index is 689. The lowest BCUT2D eigenvalue weighted by Gasteiger charge is -2.22. The summed E-state index contributed by atoms with van der Waals surface area (Å²) in [6, 6.07) is 20.9. The van der Waals surface area contributed by atoms with Crippen molar-refractivity contribution in [3.05, 3.63) is 66.2 Å². The van der Waals surface area contributed by atoms with Gasteiger partial charge >= 0.3 is 0 Å². The summed E-state index contributed by atoms with van der Waals surface area (Å²) in [5, 5.41) is 3.16. The minimum atomic E-state index is 0.137. The van der Waals surface area contributed by atoms with Gasteiger partial charge in [-0.15, -0.1) is 0 Å². The molecule has 1 heterocycles. The number of hydrogen-bond acceptors (Lipinski definition) is 3. The van der Waals surface area contributed by atoms with Gasteiger partial charge < -0.3 is 10.2 Å². The highest BCUT2D eigenvalue weighted by Crippen LogP contribution is 2.22. The standard InChI is InChI=1S/C23H31N3O/c1-2-14-25(17-20-9-5-3-6-10-20)19-23(27)24-16-21-13-15-26(18-21)22-11-7-4-8-12-22/h3-12,21H,2,13-19H2,1H3,(H,24,27). The largest absolute Gasteiger partial charge is 0.371 e. The molecule has 1 atom stereocenters. The number of carbonyl (C=O) groups is 1. The second kappa shape index (κ2) is 10.1. The van der Waals surface area contributed by atoms with Gasteiger partial charge in [0.1, 0.15) is 0 Å². The molecule has 0 radical (unpaired) electrons. The lowest BCUT2D eigenvalue weighted by molar-refractivity contribution is -0.122. The van der Waals surface area contributed by atoms with E-state index in [2.05, 4.69) is 76.6 Å². The Balaban J connectivity index is 1.43. The van der Waals surface area contributed by atoms with Crippen LogP contribution in [-0.4, -0.2) is 43.5 Å². The Morgan fingerprint density at radius 2 is 1.81 bits per heavy atom. The van der Waals surface area contributed by atoms with Crippen molar-refractivity contribution in [3.8, 4) is 0 Å². The maximum absolute atomic E-state index is 12.5. The molecule has 0 spiro atoms. The smallest absolute Gasteiger partial charge is 0.234 e. The summed E-state index contributed by atoms with van der Waals surface area (Å²) < 4.78 is 0. The summed E-state index contributed by atoms with van der Waals surface area (Å²) in [5.74, 6) is 0.667. The molecule has 1 aliphatic heterocycles. The summed E-state index contributed by atoms with van der Waals surface area (Å²) >= 11 is 0. The summed E-state index contributed by atoms with van der Waals surface area (Å²) in [4.78, 5) is 17.1. The van der Waals surface area contributed by atoms with Crippen LogP contribution in [0.5, 0.6) is 0 Å². The van der Waals surface area contributed by atoms with E-state index in [1.54, 1.807) is 0 Å². The van der Waals surface area contributed by atoms with Gasteiger partial charge in [-0.05, 0) is 43.0 Å². The van der Waals surface area contributed by atoms with Crippen molar-refractivity contribution in [2.75, 3.05) is 37.6 Å². The molecule has 1 N–H and O–H groups in total. The number of carbonyl (C=O) groups excluding carboxylic acids is 1. The van der Waals surface area contributed by atoms with Gasteiger partial charge in [-0.2, -0.15) is 0 Å². The van der Waals surface area contributed by atoms with Gasteiger partial charge in [0.05, 0.1) is 6.54 Å². The predicted molar refractivity (Wildman–Crippen MR) is 112 cm³/mol. The molecule has 2 aromatic carbocycles. The highest BCUT2D eigenvalue weighted by Gasteiger charge is 2.23. The molecule has 1 fully saturated rings. The monoisotopic (exact) mass is 365 g/mol. The van der Waals surface area contributed by atoms with Gasteiger partial charge in [0.15, 0.2) is 0 Å². The van der Waals surface area contributed by atoms with Gasteiger partial charge in [-0.3, -0.25) is 9.69 Å². The molecule has 0 aromatic heterocycles. The van der Waals surface area contributed by atoms with Crippen LogP contribution in [0.25, 0.3) is 0 Å². The van der Waals surface area contributed by atoms with Crippen molar-refractivity contribution < 1.29 is 4.79 Å². The molecule has 2 aromatic rings. The molecule has 0 saturated carbocycles. The highest BCUT2D eigenvalue weighted by molar-refractivity contribution is 5.78. The number of anilines is 1. The molecule has 3 rings (SSSR count). The van der Waals surface area contributed by atoms with Gasteiger partial charge in [-0.25, -0.2) is 0 Å². The maximum atomic E-state index is 12.5. The maximum Gasteiger partial charge on any atom is 0.234 e. The summed E-state index contributed by atoms with van der Waals surface area (Å²) in [6.07, 6.45) is 2.19. The zero-order valence-corrected chi connectivity index (χ0v) is 16.3. The average molecular weight is 366 g/mol. The minimum Gasteiger partial charge on any atom is -0.371 e. The van der Waals surface area contributed by atoms with Crippen LogP contribution >= 0.6 is 0 Å². The molecule has 1 aliphatic rings. The molecule has 4 nitrogen and oxygen atoms in total. The summed E-state index contributed by atoms with van der Waals surface area (Å²) in [5.41, 5.74) is 2.54. The first-order valence-electron chi connectivity index (χ1n) is 10.1. The first kappa shape index (κ1) is 19.4. The normalized spacial score (nSPS) is 16.7. The third-order valence-electron chi connectivity index (χ3n) is 5.15. The molecule has 0 aliphatic carbocycles. The third-order valence-corrected chi connectivity index (χ3v) is 5.15. The van der Waals surface area contributed by atoms with E-state index >= 15 is 0 Å². The zero-order chi connectivity index (χ0) is 18.9. The number of nitrogens with zero attached hydrogens (tertiary/aromatic N) is 2. The topological polar surface area (TPSA) is 35.6 Å². The molecular formula is C23H31N3O. The second-order valence-corrected chi connectivity index (χ2v) is 7.44. The van der Waals surface area contributed by atoms with Crippen molar-refractivity contribution in [3.63, 3.8) is 0 Å². The van der Waals surface area contributed by atoms with Crippen molar-refractivity contribution >= 4 is 11.6 Å². The molecule has 1 saturated heterocycles. The SMILES string of the molecule is CCCN(CC(=O)NCC1CCN(c2ccccc2)C1)Cc1ccccc1. The number of amides is 1. The minimum absolute atomic E-state index is 0.137. The van der Waals surface area contributed by atoms with E-state index in [0.717, 1.165) is 45.6 Å². The van der Waals surface area contributed by atoms with Crippen LogP contribution in [0.1, 0.15) is 25.3 Å². The molecule has 144 valence electrons. The predicted octanol–water partition coefficient (Wildman–Crippen LogP) is 3.54. The van der Waals surface area contributed by atoms with E-state index in [-0.39, 0.29) is 5.91 Å². The van der Waals surface area contributed by atoms with E-state index in [0.29, 0.717) is 12.5 Å². The van der Waals surface area contributed by atoms with Crippen molar-refractivity contribution in [1.82, 2.24) is 10.2 Å². The average Bonchev–Trinajstić information content (AvgIpc) is 3.17. The van der Waals surface area contributed by atoms with Crippen LogP contribution in [0.15, 0.2) is 60.7 Å². The van der Waals surface area contributed by atoms with Crippen LogP contribution in [0, 0.1) is 5.92 Å². The Hall–Kier alpha value is -2.33. The Labute approximate surface area is 163 Å². The van der Waals surface area contributed by atoms with Gasteiger partial charge in [0.25, 0.3) is 0 Å². The Kier molecular flexibility index (Phi) is 7.28. The van der Waals surface area contributed by atoms with E-state index in [1.807, 2.05) is 6.07 Å². The fourth-order valence-electron chi connectivity index (χ4n) is 3.76. The number of para-hydroxylation sites is 1. The van der Waals surface area contributed by atoms with Crippen LogP contribution < -0.4 is 10.2 Å². The lowest BCUT2D eigenvalue weighted by atomic mass is 10.1.